The van der Waals surface area contributed by atoms with Crippen LogP contribution in [0.2, 0.25) is 0 Å². The van der Waals surface area contributed by atoms with Gasteiger partial charge in [0.15, 0.2) is 5.79 Å². The average Bonchev–Trinajstić information content (AvgIpc) is 2.26. The lowest BCUT2D eigenvalue weighted by Crippen LogP contribution is -2.21. The van der Waals surface area contributed by atoms with Crippen molar-refractivity contribution >= 4 is 6.29 Å². The van der Waals surface area contributed by atoms with Crippen LogP contribution in [0.1, 0.15) is 26.7 Å². The van der Waals surface area contributed by atoms with E-state index in [0.29, 0.717) is 13.0 Å². The van der Waals surface area contributed by atoms with Gasteiger partial charge in [0.2, 0.25) is 0 Å². The maximum atomic E-state index is 10.0. The van der Waals surface area contributed by atoms with Gasteiger partial charge in [0, 0.05) is 6.42 Å². The molecule has 0 N–H and O–H groups in total. The first-order valence-electron chi connectivity index (χ1n) is 3.89. The molecule has 0 amide bonds. The Morgan fingerprint density at radius 3 is 2.82 bits per heavy atom. The van der Waals surface area contributed by atoms with Crippen molar-refractivity contribution in [1.29, 1.82) is 0 Å². The summed E-state index contributed by atoms with van der Waals surface area (Å²) in [5.41, 5.74) is 0. The van der Waals surface area contributed by atoms with Crippen LogP contribution in [0, 0.1) is 0 Å². The molecule has 1 rings (SSSR count). The predicted octanol–water partition coefficient (Wildman–Crippen LogP) is 1.12. The van der Waals surface area contributed by atoms with E-state index in [-0.39, 0.29) is 6.10 Å². The van der Waals surface area contributed by atoms with Crippen molar-refractivity contribution in [2.45, 2.75) is 38.6 Å². The van der Waals surface area contributed by atoms with Gasteiger partial charge in [-0.1, -0.05) is 0 Å². The molecular weight excluding hydrogens is 144 g/mol. The minimum Gasteiger partial charge on any atom is -0.348 e. The number of hydrogen-bond acceptors (Lipinski definition) is 3. The third-order valence-electron chi connectivity index (χ3n) is 1.67. The van der Waals surface area contributed by atoms with Crippen LogP contribution in [0.4, 0.5) is 0 Å². The predicted molar refractivity (Wildman–Crippen MR) is 40.2 cm³/mol. The topological polar surface area (TPSA) is 35.5 Å². The van der Waals surface area contributed by atoms with Crippen molar-refractivity contribution in [2.75, 3.05) is 6.61 Å². The summed E-state index contributed by atoms with van der Waals surface area (Å²) >= 11 is 0. The second-order valence-electron chi connectivity index (χ2n) is 3.19. The van der Waals surface area contributed by atoms with Crippen LogP contribution in [0.3, 0.4) is 0 Å². The Hall–Kier alpha value is -0.410. The molecule has 0 aromatic rings. The Kier molecular flexibility index (Phi) is 2.62. The SMILES string of the molecule is CC1(C)OC[C@@H](CCC=O)O1. The van der Waals surface area contributed by atoms with E-state index in [1.165, 1.54) is 0 Å². The molecule has 0 aromatic heterocycles. The van der Waals surface area contributed by atoms with E-state index in [9.17, 15) is 4.79 Å². The van der Waals surface area contributed by atoms with E-state index in [1.807, 2.05) is 13.8 Å². The molecule has 0 spiro atoms. The highest BCUT2D eigenvalue weighted by Crippen LogP contribution is 2.24. The maximum absolute atomic E-state index is 10.0. The second-order valence-corrected chi connectivity index (χ2v) is 3.19. The Morgan fingerprint density at radius 2 is 2.36 bits per heavy atom. The van der Waals surface area contributed by atoms with Gasteiger partial charge in [-0.3, -0.25) is 0 Å². The smallest absolute Gasteiger partial charge is 0.163 e. The van der Waals surface area contributed by atoms with E-state index in [0.717, 1.165) is 12.7 Å². The highest BCUT2D eigenvalue weighted by atomic mass is 16.7. The summed E-state index contributed by atoms with van der Waals surface area (Å²) in [6.45, 7) is 4.38. The molecule has 1 saturated heterocycles. The van der Waals surface area contributed by atoms with E-state index >= 15 is 0 Å². The Morgan fingerprint density at radius 1 is 1.64 bits per heavy atom. The zero-order chi connectivity index (χ0) is 8.32. The van der Waals surface area contributed by atoms with Crippen LogP contribution >= 0.6 is 0 Å². The van der Waals surface area contributed by atoms with Gasteiger partial charge in [0.1, 0.15) is 6.29 Å². The summed E-state index contributed by atoms with van der Waals surface area (Å²) in [5.74, 6) is -0.451. The molecule has 0 aliphatic carbocycles. The molecule has 0 bridgehead atoms. The lowest BCUT2D eigenvalue weighted by Gasteiger charge is -2.16. The van der Waals surface area contributed by atoms with Gasteiger partial charge < -0.3 is 14.3 Å². The number of ether oxygens (including phenoxy) is 2. The fourth-order valence-electron chi connectivity index (χ4n) is 1.16. The van der Waals surface area contributed by atoms with Crippen LogP contribution in [0.5, 0.6) is 0 Å². The zero-order valence-corrected chi connectivity index (χ0v) is 7.00. The van der Waals surface area contributed by atoms with Gasteiger partial charge in [0.25, 0.3) is 0 Å². The molecule has 0 aromatic carbocycles. The first-order valence-corrected chi connectivity index (χ1v) is 3.89. The largest absolute Gasteiger partial charge is 0.348 e. The summed E-state index contributed by atoms with van der Waals surface area (Å²) in [5, 5.41) is 0. The maximum Gasteiger partial charge on any atom is 0.163 e. The van der Waals surface area contributed by atoms with Gasteiger partial charge in [-0.2, -0.15) is 0 Å². The molecule has 1 heterocycles. The Labute approximate surface area is 66.7 Å². The molecule has 3 heteroatoms. The monoisotopic (exact) mass is 158 g/mol. The first kappa shape index (κ1) is 8.68. The standard InChI is InChI=1S/C8H14O3/c1-8(2)10-6-7(11-8)4-3-5-9/h5,7H,3-4,6H2,1-2H3/t7-/m1/s1. The van der Waals surface area contributed by atoms with Crippen LogP contribution in [-0.2, 0) is 14.3 Å². The van der Waals surface area contributed by atoms with Crippen molar-refractivity contribution in [1.82, 2.24) is 0 Å². The molecule has 0 saturated carbocycles. The fraction of sp³-hybridized carbons (Fsp3) is 0.875. The van der Waals surface area contributed by atoms with Crippen LogP contribution < -0.4 is 0 Å². The third kappa shape index (κ3) is 2.60. The highest BCUT2D eigenvalue weighted by Gasteiger charge is 2.31. The molecule has 1 aliphatic heterocycles. The minimum absolute atomic E-state index is 0.107. The van der Waals surface area contributed by atoms with Crippen molar-refractivity contribution in [3.8, 4) is 0 Å². The Balaban J connectivity index is 2.24. The number of carbonyl (C=O) groups excluding carboxylic acids is 1. The Bertz CT molecular complexity index is 142. The fourth-order valence-corrected chi connectivity index (χ4v) is 1.16. The summed E-state index contributed by atoms with van der Waals surface area (Å²) in [7, 11) is 0. The highest BCUT2D eigenvalue weighted by molar-refractivity contribution is 5.49. The van der Waals surface area contributed by atoms with Gasteiger partial charge in [-0.25, -0.2) is 0 Å². The average molecular weight is 158 g/mol. The summed E-state index contributed by atoms with van der Waals surface area (Å²) in [6.07, 6.45) is 2.35. The molecule has 3 nitrogen and oxygen atoms in total. The van der Waals surface area contributed by atoms with Crippen molar-refractivity contribution in [3.05, 3.63) is 0 Å². The zero-order valence-electron chi connectivity index (χ0n) is 7.00. The van der Waals surface area contributed by atoms with Crippen LogP contribution in [0.15, 0.2) is 0 Å². The van der Waals surface area contributed by atoms with Gasteiger partial charge >= 0.3 is 0 Å². The van der Waals surface area contributed by atoms with Crippen LogP contribution in [-0.4, -0.2) is 24.8 Å². The minimum atomic E-state index is -0.451. The van der Waals surface area contributed by atoms with Gasteiger partial charge in [-0.05, 0) is 20.3 Å². The lowest BCUT2D eigenvalue weighted by atomic mass is 10.2. The summed E-state index contributed by atoms with van der Waals surface area (Å²) < 4.78 is 10.8. The normalized spacial score (nSPS) is 28.7. The first-order chi connectivity index (χ1) is 5.14. The van der Waals surface area contributed by atoms with Crippen molar-refractivity contribution in [3.63, 3.8) is 0 Å². The molecule has 0 unspecified atom stereocenters. The second kappa shape index (κ2) is 3.32. The van der Waals surface area contributed by atoms with Gasteiger partial charge in [0.05, 0.1) is 12.7 Å². The number of carbonyl (C=O) groups is 1. The number of rotatable bonds is 3. The molecule has 1 fully saturated rings. The van der Waals surface area contributed by atoms with Crippen molar-refractivity contribution < 1.29 is 14.3 Å². The number of aldehydes is 1. The molecule has 0 radical (unpaired) electrons. The molecular formula is C8H14O3. The quantitative estimate of drug-likeness (QED) is 0.577. The van der Waals surface area contributed by atoms with E-state index in [2.05, 4.69) is 0 Å². The molecule has 1 aliphatic rings. The van der Waals surface area contributed by atoms with E-state index in [4.69, 9.17) is 9.47 Å². The summed E-state index contributed by atoms with van der Waals surface area (Å²) in [6, 6.07) is 0. The van der Waals surface area contributed by atoms with Gasteiger partial charge in [-0.15, -0.1) is 0 Å². The van der Waals surface area contributed by atoms with Crippen molar-refractivity contribution in [2.24, 2.45) is 0 Å². The van der Waals surface area contributed by atoms with E-state index < -0.39 is 5.79 Å². The molecule has 1 atom stereocenters. The third-order valence-corrected chi connectivity index (χ3v) is 1.67. The molecule has 64 valence electrons. The van der Waals surface area contributed by atoms with E-state index in [1.54, 1.807) is 0 Å². The molecule has 11 heavy (non-hydrogen) atoms. The lowest BCUT2D eigenvalue weighted by molar-refractivity contribution is -0.139. The number of hydrogen-bond donors (Lipinski definition) is 0. The van der Waals surface area contributed by atoms with Crippen LogP contribution in [0.25, 0.3) is 0 Å². The summed E-state index contributed by atoms with van der Waals surface area (Å²) in [4.78, 5) is 10.0.